The molecular formula is C18H14F2N6O2. The Kier molecular flexibility index (Phi) is 3.54. The molecule has 3 aromatic heterocycles. The molecule has 0 aliphatic carbocycles. The molecule has 0 saturated carbocycles. The summed E-state index contributed by atoms with van der Waals surface area (Å²) in [6.07, 6.45) is 1.60. The molecule has 1 amide bonds. The van der Waals surface area contributed by atoms with Gasteiger partial charge in [0.2, 0.25) is 5.91 Å². The van der Waals surface area contributed by atoms with Gasteiger partial charge in [0.15, 0.2) is 11.4 Å². The number of fused-ring (bicyclic) bond motifs is 2. The second kappa shape index (κ2) is 5.98. The number of hydrogen-bond donors (Lipinski definition) is 2. The van der Waals surface area contributed by atoms with Gasteiger partial charge in [-0.05, 0) is 24.3 Å². The number of halogens is 2. The quantitative estimate of drug-likeness (QED) is 0.561. The first-order valence-electron chi connectivity index (χ1n) is 8.59. The van der Waals surface area contributed by atoms with Gasteiger partial charge >= 0.3 is 0 Å². The van der Waals surface area contributed by atoms with Crippen LogP contribution in [0.3, 0.4) is 0 Å². The molecule has 142 valence electrons. The summed E-state index contributed by atoms with van der Waals surface area (Å²) < 4.78 is 31.2. The Hall–Kier alpha value is -3.56. The van der Waals surface area contributed by atoms with Gasteiger partial charge in [0.1, 0.15) is 11.2 Å². The van der Waals surface area contributed by atoms with Gasteiger partial charge in [-0.15, -0.1) is 0 Å². The lowest BCUT2D eigenvalue weighted by Crippen LogP contribution is -2.58. The summed E-state index contributed by atoms with van der Waals surface area (Å²) in [5, 5.41) is 14.9. The summed E-state index contributed by atoms with van der Waals surface area (Å²) >= 11 is 0. The molecule has 1 saturated heterocycles. The highest BCUT2D eigenvalue weighted by Gasteiger charge is 2.46. The molecule has 8 nitrogen and oxygen atoms in total. The number of nitrogens with zero attached hydrogens (tertiary/aromatic N) is 4. The number of aromatic nitrogens is 4. The van der Waals surface area contributed by atoms with E-state index in [1.807, 2.05) is 12.1 Å². The minimum Gasteiger partial charge on any atom is -0.356 e. The molecule has 1 aromatic carbocycles. The molecule has 0 unspecified atom stereocenters. The largest absolute Gasteiger partial charge is 0.356 e. The Labute approximate surface area is 156 Å². The van der Waals surface area contributed by atoms with Gasteiger partial charge in [-0.25, -0.2) is 8.78 Å². The second-order valence-corrected chi connectivity index (χ2v) is 6.72. The van der Waals surface area contributed by atoms with Crippen molar-refractivity contribution in [1.82, 2.24) is 25.2 Å². The summed E-state index contributed by atoms with van der Waals surface area (Å²) in [7, 11) is 0. The Balaban J connectivity index is 1.35. The van der Waals surface area contributed by atoms with Gasteiger partial charge in [-0.3, -0.25) is 14.9 Å². The predicted octanol–water partition coefficient (Wildman–Crippen LogP) is 2.86. The zero-order chi connectivity index (χ0) is 19.3. The van der Waals surface area contributed by atoms with Gasteiger partial charge < -0.3 is 14.7 Å². The van der Waals surface area contributed by atoms with Crippen molar-refractivity contribution in [3.8, 4) is 0 Å². The van der Waals surface area contributed by atoms with Crippen LogP contribution in [0.1, 0.15) is 5.69 Å². The highest BCUT2D eigenvalue weighted by molar-refractivity contribution is 5.91. The van der Waals surface area contributed by atoms with Crippen molar-refractivity contribution >= 4 is 39.4 Å². The maximum Gasteiger partial charge on any atom is 0.282 e. The monoisotopic (exact) mass is 384 g/mol. The summed E-state index contributed by atoms with van der Waals surface area (Å²) in [6.45, 7) is -1.08. The fraction of sp³-hybridized carbons (Fsp3) is 0.222. The Morgan fingerprint density at radius 3 is 3.00 bits per heavy atom. The molecule has 4 aromatic rings. The number of aromatic amines is 1. The number of pyridine rings is 1. The van der Waals surface area contributed by atoms with Crippen molar-refractivity contribution in [2.75, 3.05) is 18.4 Å². The van der Waals surface area contributed by atoms with Crippen LogP contribution in [0.2, 0.25) is 0 Å². The van der Waals surface area contributed by atoms with E-state index in [1.165, 1.54) is 0 Å². The third-order valence-electron chi connectivity index (χ3n) is 4.65. The first-order valence-corrected chi connectivity index (χ1v) is 8.59. The van der Waals surface area contributed by atoms with Crippen molar-refractivity contribution in [1.29, 1.82) is 0 Å². The van der Waals surface area contributed by atoms with Crippen molar-refractivity contribution in [3.63, 3.8) is 0 Å². The minimum atomic E-state index is -2.78. The summed E-state index contributed by atoms with van der Waals surface area (Å²) in [5.41, 5.74) is 3.13. The number of likely N-dealkylation sites (tertiary alicyclic amines) is 1. The first-order chi connectivity index (χ1) is 13.5. The van der Waals surface area contributed by atoms with Crippen molar-refractivity contribution < 1.29 is 18.1 Å². The molecule has 28 heavy (non-hydrogen) atoms. The lowest BCUT2D eigenvalue weighted by Gasteiger charge is -2.38. The summed E-state index contributed by atoms with van der Waals surface area (Å²) in [4.78, 5) is 17.5. The molecule has 5 rings (SSSR count). The highest BCUT2D eigenvalue weighted by atomic mass is 19.3. The van der Waals surface area contributed by atoms with Crippen LogP contribution in [-0.2, 0) is 11.2 Å². The number of benzene rings is 1. The number of nitrogens with one attached hydrogen (secondary N) is 2. The van der Waals surface area contributed by atoms with Crippen molar-refractivity contribution in [3.05, 3.63) is 42.2 Å². The smallest absolute Gasteiger partial charge is 0.282 e. The van der Waals surface area contributed by atoms with Crippen LogP contribution in [0.4, 0.5) is 20.3 Å². The molecule has 4 heterocycles. The first kappa shape index (κ1) is 16.6. The Morgan fingerprint density at radius 1 is 1.32 bits per heavy atom. The lowest BCUT2D eigenvalue weighted by atomic mass is 10.1. The van der Waals surface area contributed by atoms with Crippen LogP contribution < -0.4 is 5.32 Å². The van der Waals surface area contributed by atoms with Crippen LogP contribution in [0, 0.1) is 0 Å². The SMILES string of the molecule is O=C(Cc1noc2cc(Nc3n[nH]c4cccnc34)ccc12)N1CC(F)(F)C1. The molecule has 0 spiro atoms. The molecular weight excluding hydrogens is 370 g/mol. The maximum atomic E-state index is 12.9. The average Bonchev–Trinajstić information content (AvgIpc) is 3.24. The van der Waals surface area contributed by atoms with Gasteiger partial charge in [-0.1, -0.05) is 5.16 Å². The molecule has 1 aliphatic rings. The number of amides is 1. The number of rotatable bonds is 4. The second-order valence-electron chi connectivity index (χ2n) is 6.72. The lowest BCUT2D eigenvalue weighted by molar-refractivity contribution is -0.165. The van der Waals surface area contributed by atoms with Crippen LogP contribution >= 0.6 is 0 Å². The average molecular weight is 384 g/mol. The molecule has 1 aliphatic heterocycles. The van der Waals surface area contributed by atoms with Gasteiger partial charge in [0.05, 0.1) is 25.0 Å². The van der Waals surface area contributed by atoms with E-state index in [-0.39, 0.29) is 6.42 Å². The number of alkyl halides is 2. The fourth-order valence-electron chi connectivity index (χ4n) is 3.22. The van der Waals surface area contributed by atoms with E-state index in [0.717, 1.165) is 10.4 Å². The molecule has 0 atom stereocenters. The molecule has 2 N–H and O–H groups in total. The summed E-state index contributed by atoms with van der Waals surface area (Å²) in [6, 6.07) is 8.99. The fourth-order valence-corrected chi connectivity index (χ4v) is 3.22. The topological polar surface area (TPSA) is 99.9 Å². The standard InChI is InChI=1S/C18H14F2N6O2/c19-18(20)8-26(9-18)15(27)7-13-11-4-3-10(6-14(11)28-25-13)22-17-16-12(23-24-17)2-1-5-21-16/h1-6H,7-9H2,(H2,22,23,24). The van der Waals surface area contributed by atoms with E-state index in [0.29, 0.717) is 33.7 Å². The van der Waals surface area contributed by atoms with Crippen molar-refractivity contribution in [2.45, 2.75) is 12.3 Å². The van der Waals surface area contributed by atoms with Crippen LogP contribution in [0.15, 0.2) is 41.1 Å². The third-order valence-corrected chi connectivity index (χ3v) is 4.65. The number of anilines is 2. The van der Waals surface area contributed by atoms with Crippen molar-refractivity contribution in [2.24, 2.45) is 0 Å². The number of carbonyl (C=O) groups excluding carboxylic acids is 1. The van der Waals surface area contributed by atoms with E-state index in [1.54, 1.807) is 24.4 Å². The third kappa shape index (κ3) is 2.82. The van der Waals surface area contributed by atoms with E-state index < -0.39 is 24.9 Å². The molecule has 10 heteroatoms. The van der Waals surface area contributed by atoms with E-state index in [9.17, 15) is 13.6 Å². The number of hydrogen-bond acceptors (Lipinski definition) is 6. The van der Waals surface area contributed by atoms with Crippen LogP contribution in [-0.4, -0.2) is 50.2 Å². The number of H-pyrrole nitrogens is 1. The predicted molar refractivity (Wildman–Crippen MR) is 96.4 cm³/mol. The highest BCUT2D eigenvalue weighted by Crippen LogP contribution is 2.29. The Bertz CT molecular complexity index is 1190. The summed E-state index contributed by atoms with van der Waals surface area (Å²) in [5.74, 6) is -2.60. The van der Waals surface area contributed by atoms with Crippen LogP contribution in [0.5, 0.6) is 0 Å². The molecule has 0 bridgehead atoms. The Morgan fingerprint density at radius 2 is 2.18 bits per heavy atom. The zero-order valence-corrected chi connectivity index (χ0v) is 14.4. The van der Waals surface area contributed by atoms with E-state index in [4.69, 9.17) is 4.52 Å². The van der Waals surface area contributed by atoms with Gasteiger partial charge in [0, 0.05) is 23.3 Å². The molecule has 1 fully saturated rings. The van der Waals surface area contributed by atoms with E-state index >= 15 is 0 Å². The number of carbonyl (C=O) groups is 1. The van der Waals surface area contributed by atoms with Crippen LogP contribution in [0.25, 0.3) is 22.0 Å². The van der Waals surface area contributed by atoms with Gasteiger partial charge in [-0.2, -0.15) is 5.10 Å². The normalized spacial score (nSPS) is 15.7. The zero-order valence-electron chi connectivity index (χ0n) is 14.4. The van der Waals surface area contributed by atoms with Gasteiger partial charge in [0.25, 0.3) is 5.92 Å². The minimum absolute atomic E-state index is 0.0796. The van der Waals surface area contributed by atoms with E-state index in [2.05, 4.69) is 25.7 Å². The molecule has 0 radical (unpaired) electrons. The maximum absolute atomic E-state index is 12.9.